The fourth-order valence-electron chi connectivity index (χ4n) is 3.48. The molecule has 2 amide bonds. The number of nitrogens with zero attached hydrogens (tertiary/aromatic N) is 1. The average molecular weight is 330 g/mol. The Kier molecular flexibility index (Phi) is 5.72. The van der Waals surface area contributed by atoms with Crippen molar-refractivity contribution in [3.8, 4) is 0 Å². The molecule has 0 radical (unpaired) electrons. The molecule has 2 N–H and O–H groups in total. The molecule has 2 unspecified atom stereocenters. The summed E-state index contributed by atoms with van der Waals surface area (Å²) in [7, 11) is 0. The Morgan fingerprint density at radius 1 is 1.27 bits per heavy atom. The van der Waals surface area contributed by atoms with Crippen molar-refractivity contribution in [2.24, 2.45) is 11.3 Å². The summed E-state index contributed by atoms with van der Waals surface area (Å²) in [5.41, 5.74) is -0.0705. The van der Waals surface area contributed by atoms with Gasteiger partial charge in [0.1, 0.15) is 0 Å². The molecule has 6 heteroatoms. The van der Waals surface area contributed by atoms with Crippen molar-refractivity contribution in [3.05, 3.63) is 0 Å². The van der Waals surface area contributed by atoms with E-state index in [-0.39, 0.29) is 29.8 Å². The zero-order valence-electron chi connectivity index (χ0n) is 13.4. The zero-order valence-corrected chi connectivity index (χ0v) is 14.2. The number of likely N-dealkylation sites (tertiary alicyclic amines) is 1. The van der Waals surface area contributed by atoms with Gasteiger partial charge in [-0.25, -0.2) is 0 Å². The molecule has 0 spiro atoms. The van der Waals surface area contributed by atoms with Crippen molar-refractivity contribution >= 4 is 24.2 Å². The van der Waals surface area contributed by atoms with Gasteiger partial charge in [0.2, 0.25) is 11.8 Å². The molecule has 0 aromatic heterocycles. The van der Waals surface area contributed by atoms with Crippen LogP contribution in [0.1, 0.15) is 45.4 Å². The van der Waals surface area contributed by atoms with Crippen LogP contribution in [0.4, 0.5) is 0 Å². The maximum Gasteiger partial charge on any atom is 0.237 e. The predicted molar refractivity (Wildman–Crippen MR) is 87.9 cm³/mol. The number of carbonyl (C=O) groups excluding carboxylic acids is 2. The van der Waals surface area contributed by atoms with E-state index in [9.17, 15) is 9.59 Å². The van der Waals surface area contributed by atoms with Crippen molar-refractivity contribution in [1.29, 1.82) is 0 Å². The lowest BCUT2D eigenvalue weighted by Crippen LogP contribution is -2.48. The number of hydrogen-bond donors (Lipinski definition) is 2. The fourth-order valence-corrected chi connectivity index (χ4v) is 3.48. The molecule has 1 saturated carbocycles. The van der Waals surface area contributed by atoms with Gasteiger partial charge in [-0.1, -0.05) is 6.92 Å². The van der Waals surface area contributed by atoms with Crippen LogP contribution in [0.3, 0.4) is 0 Å². The first kappa shape index (κ1) is 17.5. The Bertz CT molecular complexity index is 420. The number of rotatable bonds is 4. The molecule has 2 heterocycles. The van der Waals surface area contributed by atoms with E-state index in [1.165, 1.54) is 0 Å². The third kappa shape index (κ3) is 3.93. The highest BCUT2D eigenvalue weighted by Gasteiger charge is 2.47. The summed E-state index contributed by atoms with van der Waals surface area (Å²) in [6.45, 7) is 5.43. The van der Waals surface area contributed by atoms with E-state index in [4.69, 9.17) is 0 Å². The van der Waals surface area contributed by atoms with Gasteiger partial charge in [0.15, 0.2) is 0 Å². The number of carbonyl (C=O) groups is 2. The molecule has 2 saturated heterocycles. The van der Waals surface area contributed by atoms with E-state index in [1.807, 2.05) is 4.90 Å². The molecule has 0 aromatic rings. The largest absolute Gasteiger partial charge is 0.354 e. The fraction of sp³-hybridized carbons (Fsp3) is 0.875. The van der Waals surface area contributed by atoms with Gasteiger partial charge in [-0.3, -0.25) is 9.59 Å². The molecule has 1 aliphatic carbocycles. The van der Waals surface area contributed by atoms with Gasteiger partial charge in [-0.05, 0) is 51.0 Å². The number of halogens is 1. The molecular formula is C16H28ClN3O2. The standard InChI is InChI=1S/C16H27N3O2.ClH/c1-16(6-7-16)15(21)19-9-3-4-12(11-19)10-18-14(20)13-5-2-8-17-13;/h12-13,17H,2-11H2,1H3,(H,18,20);1H. The van der Waals surface area contributed by atoms with Gasteiger partial charge in [0.05, 0.1) is 6.04 Å². The molecule has 22 heavy (non-hydrogen) atoms. The summed E-state index contributed by atoms with van der Waals surface area (Å²) in [4.78, 5) is 26.5. The quantitative estimate of drug-likeness (QED) is 0.817. The lowest BCUT2D eigenvalue weighted by Gasteiger charge is -2.34. The van der Waals surface area contributed by atoms with Crippen LogP contribution in [0.15, 0.2) is 0 Å². The van der Waals surface area contributed by atoms with Crippen molar-refractivity contribution in [1.82, 2.24) is 15.5 Å². The van der Waals surface area contributed by atoms with Crippen LogP contribution in [0, 0.1) is 11.3 Å². The van der Waals surface area contributed by atoms with Crippen LogP contribution in [0.2, 0.25) is 0 Å². The summed E-state index contributed by atoms with van der Waals surface area (Å²) < 4.78 is 0. The van der Waals surface area contributed by atoms with E-state index in [0.29, 0.717) is 18.4 Å². The lowest BCUT2D eigenvalue weighted by atomic mass is 9.96. The maximum atomic E-state index is 12.4. The van der Waals surface area contributed by atoms with Crippen LogP contribution in [-0.4, -0.2) is 48.9 Å². The molecule has 3 rings (SSSR count). The van der Waals surface area contributed by atoms with Gasteiger partial charge in [-0.15, -0.1) is 12.4 Å². The Morgan fingerprint density at radius 2 is 2.05 bits per heavy atom. The van der Waals surface area contributed by atoms with Crippen LogP contribution >= 0.6 is 12.4 Å². The van der Waals surface area contributed by atoms with E-state index in [0.717, 1.165) is 58.2 Å². The maximum absolute atomic E-state index is 12.4. The summed E-state index contributed by atoms with van der Waals surface area (Å²) >= 11 is 0. The van der Waals surface area contributed by atoms with Crippen LogP contribution in [-0.2, 0) is 9.59 Å². The minimum Gasteiger partial charge on any atom is -0.354 e. The Hall–Kier alpha value is -0.810. The Labute approximate surface area is 139 Å². The van der Waals surface area contributed by atoms with Crippen LogP contribution in [0.25, 0.3) is 0 Å². The number of hydrogen-bond acceptors (Lipinski definition) is 3. The minimum absolute atomic E-state index is 0. The summed E-state index contributed by atoms with van der Waals surface area (Å²) in [5, 5.41) is 6.29. The number of nitrogens with one attached hydrogen (secondary N) is 2. The molecule has 0 bridgehead atoms. The Balaban J connectivity index is 0.00000176. The smallest absolute Gasteiger partial charge is 0.237 e. The second kappa shape index (κ2) is 7.18. The Morgan fingerprint density at radius 3 is 2.68 bits per heavy atom. The first-order chi connectivity index (χ1) is 10.1. The van der Waals surface area contributed by atoms with E-state index in [2.05, 4.69) is 17.6 Å². The second-order valence-corrected chi connectivity index (χ2v) is 7.21. The summed E-state index contributed by atoms with van der Waals surface area (Å²) in [6.07, 6.45) is 6.28. The van der Waals surface area contributed by atoms with Gasteiger partial charge < -0.3 is 15.5 Å². The summed E-state index contributed by atoms with van der Waals surface area (Å²) in [6, 6.07) is -0.00305. The molecule has 5 nitrogen and oxygen atoms in total. The molecular weight excluding hydrogens is 302 g/mol. The summed E-state index contributed by atoms with van der Waals surface area (Å²) in [5.74, 6) is 0.872. The highest BCUT2D eigenvalue weighted by atomic mass is 35.5. The third-order valence-corrected chi connectivity index (χ3v) is 5.26. The van der Waals surface area contributed by atoms with Crippen molar-refractivity contribution < 1.29 is 9.59 Å². The number of piperidine rings is 1. The van der Waals surface area contributed by atoms with Gasteiger partial charge in [0, 0.05) is 25.0 Å². The minimum atomic E-state index is -0.0705. The van der Waals surface area contributed by atoms with Gasteiger partial charge in [0.25, 0.3) is 0 Å². The molecule has 2 aliphatic heterocycles. The molecule has 2 atom stereocenters. The van der Waals surface area contributed by atoms with E-state index >= 15 is 0 Å². The molecule has 3 aliphatic rings. The first-order valence-corrected chi connectivity index (χ1v) is 8.39. The van der Waals surface area contributed by atoms with E-state index < -0.39 is 0 Å². The third-order valence-electron chi connectivity index (χ3n) is 5.26. The van der Waals surface area contributed by atoms with Crippen LogP contribution in [0.5, 0.6) is 0 Å². The molecule has 3 fully saturated rings. The van der Waals surface area contributed by atoms with Gasteiger partial charge in [-0.2, -0.15) is 0 Å². The highest BCUT2D eigenvalue weighted by Crippen LogP contribution is 2.46. The monoisotopic (exact) mass is 329 g/mol. The van der Waals surface area contributed by atoms with Gasteiger partial charge >= 0.3 is 0 Å². The predicted octanol–water partition coefficient (Wildman–Crippen LogP) is 1.32. The topological polar surface area (TPSA) is 61.4 Å². The highest BCUT2D eigenvalue weighted by molar-refractivity contribution is 5.85. The van der Waals surface area contributed by atoms with Crippen molar-refractivity contribution in [3.63, 3.8) is 0 Å². The first-order valence-electron chi connectivity index (χ1n) is 8.39. The van der Waals surface area contributed by atoms with Crippen molar-refractivity contribution in [2.75, 3.05) is 26.2 Å². The normalized spacial score (nSPS) is 29.6. The van der Waals surface area contributed by atoms with Crippen LogP contribution < -0.4 is 10.6 Å². The SMILES string of the molecule is CC1(C(=O)N2CCCC(CNC(=O)C3CCCN3)C2)CC1.Cl. The average Bonchev–Trinajstić information content (AvgIpc) is 3.04. The lowest BCUT2D eigenvalue weighted by molar-refractivity contribution is -0.138. The molecule has 126 valence electrons. The molecule has 0 aromatic carbocycles. The zero-order chi connectivity index (χ0) is 14.9. The van der Waals surface area contributed by atoms with Crippen molar-refractivity contribution in [2.45, 2.75) is 51.5 Å². The number of amides is 2. The second-order valence-electron chi connectivity index (χ2n) is 7.21. The van der Waals surface area contributed by atoms with E-state index in [1.54, 1.807) is 0 Å².